The number of hydrogen-bond acceptors (Lipinski definition) is 10. The van der Waals surface area contributed by atoms with Crippen molar-refractivity contribution in [3.63, 3.8) is 0 Å². The van der Waals surface area contributed by atoms with Crippen LogP contribution in [-0.4, -0.2) is 166 Å². The van der Waals surface area contributed by atoms with E-state index < -0.39 is 52.0 Å². The van der Waals surface area contributed by atoms with Gasteiger partial charge in [-0.2, -0.15) is 42.1 Å². The maximum atomic E-state index is 8.74. The summed E-state index contributed by atoms with van der Waals surface area (Å²) in [5.74, 6) is 0. The van der Waals surface area contributed by atoms with Gasteiger partial charge in [-0.25, -0.2) is 0 Å². The first-order valence-electron chi connectivity index (χ1n) is 3.49. The van der Waals surface area contributed by atoms with E-state index in [9.17, 15) is 0 Å². The molecule has 0 unspecified atom stereocenters. The van der Waals surface area contributed by atoms with Gasteiger partial charge in [0.05, 0.1) is 0 Å². The monoisotopic (exact) mass is 702 g/mol. The van der Waals surface area contributed by atoms with Crippen LogP contribution in [-0.2, 0) is 78.2 Å². The second kappa shape index (κ2) is 29.0. The predicted octanol–water partition coefficient (Wildman–Crippen LogP) is -7.65. The summed E-state index contributed by atoms with van der Waals surface area (Å²) in [6.45, 7) is 0. The molecule has 0 atom stereocenters. The third kappa shape index (κ3) is 2100. The second-order valence-electron chi connectivity index (χ2n) is 2.24. The molecule has 0 saturated carbocycles. The Morgan fingerprint density at radius 2 is 0.400 bits per heavy atom. The van der Waals surface area contributed by atoms with Gasteiger partial charge in [0.1, 0.15) is 0 Å². The van der Waals surface area contributed by atoms with Crippen molar-refractivity contribution < 1.29 is 151 Å². The van der Waals surface area contributed by atoms with Crippen molar-refractivity contribution in [3.05, 3.63) is 0 Å². The average molecular weight is 704 g/mol. The normalized spacial score (nSPS) is 9.67. The van der Waals surface area contributed by atoms with E-state index in [1.54, 1.807) is 0 Å². The fourth-order valence-corrected chi connectivity index (χ4v) is 0. The molecule has 0 amide bonds. The van der Waals surface area contributed by atoms with E-state index in [1.165, 1.54) is 0 Å². The minimum atomic E-state index is -4.67. The molecule has 0 radical (unpaired) electrons. The quantitative estimate of drug-likeness (QED) is 0.0826. The van der Waals surface area contributed by atoms with Crippen LogP contribution in [0.2, 0.25) is 0 Å². The van der Waals surface area contributed by atoms with E-state index >= 15 is 0 Å². The van der Waals surface area contributed by atoms with Crippen LogP contribution in [0.25, 0.3) is 0 Å². The van der Waals surface area contributed by atoms with E-state index in [4.69, 9.17) is 87.6 Å². The molecule has 0 rings (SSSR count). The molecule has 0 aromatic heterocycles. The molecular formula is H18AlCaMgNaO20S5Zr. The minimum absolute atomic E-state index is 0. The molecule has 0 aliphatic carbocycles. The van der Waals surface area contributed by atoms with Crippen LogP contribution >= 0.6 is 0 Å². The van der Waals surface area contributed by atoms with E-state index in [0.29, 0.717) is 0 Å². The van der Waals surface area contributed by atoms with Crippen LogP contribution in [0.1, 0.15) is 7.13 Å². The van der Waals surface area contributed by atoms with E-state index in [2.05, 4.69) is 0 Å². The minimum Gasteiger partial charge on any atom is -1.00 e. The molecule has 30 heavy (non-hydrogen) atoms. The Kier molecular flexibility index (Phi) is 62.1. The maximum Gasteiger partial charge on any atom is 2.00 e. The van der Waals surface area contributed by atoms with Crippen molar-refractivity contribution in [2.75, 3.05) is 0 Å². The molecule has 0 heterocycles. The van der Waals surface area contributed by atoms with Crippen molar-refractivity contribution >= 4 is 130 Å². The molecule has 0 aromatic rings. The summed E-state index contributed by atoms with van der Waals surface area (Å²) in [4.78, 5) is 0. The van der Waals surface area contributed by atoms with Crippen molar-refractivity contribution in [3.8, 4) is 0 Å². The van der Waals surface area contributed by atoms with Crippen LogP contribution in [0.4, 0.5) is 0 Å². The fourth-order valence-electron chi connectivity index (χ4n) is 0. The largest absolute Gasteiger partial charge is 2.00 e. The van der Waals surface area contributed by atoms with Crippen LogP contribution in [0.15, 0.2) is 0 Å². The Morgan fingerprint density at radius 3 is 0.400 bits per heavy atom. The predicted molar refractivity (Wildman–Crippen MR) is 97.9 cm³/mol. The molecule has 0 saturated heterocycles. The Labute approximate surface area is 276 Å². The van der Waals surface area contributed by atoms with E-state index in [-0.39, 0.29) is 141 Å². The van der Waals surface area contributed by atoms with Gasteiger partial charge in [-0.3, -0.25) is 45.5 Å². The summed E-state index contributed by atoms with van der Waals surface area (Å²) in [5, 5.41) is 0. The third-order valence-corrected chi connectivity index (χ3v) is 0. The average Bonchev–Trinajstić information content (AvgIpc) is 1.79. The first-order valence-corrected chi connectivity index (χ1v) is 10.5. The summed E-state index contributed by atoms with van der Waals surface area (Å²) >= 11 is 0. The number of hydrogen-bond donors (Lipinski definition) is 10. The third-order valence-electron chi connectivity index (χ3n) is 0. The zero-order valence-electron chi connectivity index (χ0n) is 18.5. The van der Waals surface area contributed by atoms with Gasteiger partial charge in [-0.15, -0.1) is 0 Å². The van der Waals surface area contributed by atoms with Gasteiger partial charge in [-0.05, 0) is 0 Å². The first kappa shape index (κ1) is 64.2. The Balaban J connectivity index is -0.0000000103. The van der Waals surface area contributed by atoms with Crippen LogP contribution in [0.5, 0.6) is 0 Å². The Bertz CT molecular complexity index is 660. The van der Waals surface area contributed by atoms with Gasteiger partial charge >= 0.3 is 142 Å². The summed E-state index contributed by atoms with van der Waals surface area (Å²) < 4.78 is 158. The standard InChI is InChI=1S/Al.Ca.Mg.Na.5H2O4S.Zr.8H/c;;;;5*1-5(2,3)4;;;;;;;;;/h;;;;5*(H2,1,2,3,4);;;;;;;;;/q;2*+2;+1;;;;;;;;;;5*-1. The molecule has 30 heteroatoms. The molecule has 180 valence electrons. The molecule has 0 bridgehead atoms. The molecule has 10 N–H and O–H groups in total. The van der Waals surface area contributed by atoms with Crippen molar-refractivity contribution in [1.29, 1.82) is 0 Å². The van der Waals surface area contributed by atoms with Gasteiger partial charge in [0, 0.05) is 26.2 Å². The van der Waals surface area contributed by atoms with Crippen LogP contribution < -0.4 is 29.6 Å². The second-order valence-corrected chi connectivity index (χ2v) is 6.72. The molecule has 0 aliphatic rings. The van der Waals surface area contributed by atoms with Gasteiger partial charge in [0.2, 0.25) is 0 Å². The van der Waals surface area contributed by atoms with Crippen LogP contribution in [0, 0.1) is 0 Å². The summed E-state index contributed by atoms with van der Waals surface area (Å²) in [7, 11) is -23.3. The van der Waals surface area contributed by atoms with Crippen LogP contribution in [0.3, 0.4) is 0 Å². The SMILES string of the molecule is O=S(=O)(O)O.O=S(=O)(O)O.O=S(=O)(O)O.O=S(=O)(O)O.O=S(=O)(O)O.[AlH3].[Ca+2].[H-].[H-].[H-].[H-].[H-].[Mg+2].[Na+].[Zr]. The zero-order valence-corrected chi connectivity index (χ0v) is 25.7. The fraction of sp³-hybridized carbons (Fsp3) is 0. The van der Waals surface area contributed by atoms with Crippen molar-refractivity contribution in [2.45, 2.75) is 0 Å². The van der Waals surface area contributed by atoms with Gasteiger partial charge < -0.3 is 7.13 Å². The molecule has 0 fully saturated rings. The Morgan fingerprint density at radius 1 is 0.400 bits per heavy atom. The van der Waals surface area contributed by atoms with Crippen molar-refractivity contribution in [2.24, 2.45) is 0 Å². The van der Waals surface area contributed by atoms with E-state index in [1.807, 2.05) is 0 Å². The molecule has 20 nitrogen and oxygen atoms in total. The summed E-state index contributed by atoms with van der Waals surface area (Å²) in [6.07, 6.45) is 0. The first-order chi connectivity index (χ1) is 10.0. The molecule has 0 spiro atoms. The number of rotatable bonds is 0. The molecule has 0 aliphatic heterocycles. The van der Waals surface area contributed by atoms with Gasteiger partial charge in [0.25, 0.3) is 0 Å². The molecular weight excluding hydrogens is 686 g/mol. The smallest absolute Gasteiger partial charge is 1.00 e. The van der Waals surface area contributed by atoms with E-state index in [0.717, 1.165) is 0 Å². The van der Waals surface area contributed by atoms with Crippen molar-refractivity contribution in [1.82, 2.24) is 0 Å². The maximum absolute atomic E-state index is 8.74. The topological polar surface area (TPSA) is 373 Å². The van der Waals surface area contributed by atoms with Gasteiger partial charge in [-0.1, -0.05) is 0 Å². The Hall–Kier alpha value is 3.79. The molecule has 0 aromatic carbocycles. The van der Waals surface area contributed by atoms with Gasteiger partial charge in [0.15, 0.2) is 17.4 Å². The summed E-state index contributed by atoms with van der Waals surface area (Å²) in [6, 6.07) is 0. The summed E-state index contributed by atoms with van der Waals surface area (Å²) in [5.41, 5.74) is 0. The zero-order chi connectivity index (χ0) is 22.5.